The zero-order valence-corrected chi connectivity index (χ0v) is 13.7. The lowest BCUT2D eigenvalue weighted by molar-refractivity contribution is -0.00271. The third-order valence-corrected chi connectivity index (χ3v) is 6.58. The van der Waals surface area contributed by atoms with Crippen LogP contribution < -0.4 is 5.32 Å². The smallest absolute Gasteiger partial charge is 0.0306 e. The van der Waals surface area contributed by atoms with E-state index in [0.717, 1.165) is 18.0 Å². The van der Waals surface area contributed by atoms with Gasteiger partial charge < -0.3 is 5.32 Å². The Morgan fingerprint density at radius 1 is 1.00 bits per heavy atom. The van der Waals surface area contributed by atoms with Gasteiger partial charge >= 0.3 is 0 Å². The largest absolute Gasteiger partial charge is 0.311 e. The van der Waals surface area contributed by atoms with Crippen molar-refractivity contribution in [3.63, 3.8) is 0 Å². The summed E-state index contributed by atoms with van der Waals surface area (Å²) in [4.78, 5) is 2.93. The Morgan fingerprint density at radius 2 is 1.65 bits per heavy atom. The highest BCUT2D eigenvalue weighted by Crippen LogP contribution is 2.36. The lowest BCUT2D eigenvalue weighted by Crippen LogP contribution is -2.66. The first-order valence-corrected chi connectivity index (χ1v) is 9.23. The summed E-state index contributed by atoms with van der Waals surface area (Å²) >= 11 is 0. The van der Waals surface area contributed by atoms with E-state index in [2.05, 4.69) is 24.1 Å². The van der Waals surface area contributed by atoms with Crippen LogP contribution in [0, 0.1) is 5.92 Å². The summed E-state index contributed by atoms with van der Waals surface area (Å²) in [6.45, 7) is 7.40. The van der Waals surface area contributed by atoms with Crippen molar-refractivity contribution in [2.45, 2.75) is 95.7 Å². The molecule has 3 fully saturated rings. The average Bonchev–Trinajstić information content (AvgIpc) is 3.02. The van der Waals surface area contributed by atoms with E-state index in [-0.39, 0.29) is 0 Å². The average molecular weight is 278 g/mol. The monoisotopic (exact) mass is 278 g/mol. The van der Waals surface area contributed by atoms with E-state index in [9.17, 15) is 0 Å². The molecule has 1 saturated heterocycles. The molecule has 2 nitrogen and oxygen atoms in total. The summed E-state index contributed by atoms with van der Waals surface area (Å²) in [5.41, 5.74) is 0.403. The molecule has 0 amide bonds. The van der Waals surface area contributed by atoms with Gasteiger partial charge in [0.05, 0.1) is 0 Å². The zero-order chi connectivity index (χ0) is 14.0. The lowest BCUT2D eigenvalue weighted by atomic mass is 9.80. The molecule has 1 heterocycles. The molecule has 0 aromatic rings. The molecule has 2 heteroatoms. The van der Waals surface area contributed by atoms with E-state index < -0.39 is 0 Å². The molecule has 2 unspecified atom stereocenters. The summed E-state index contributed by atoms with van der Waals surface area (Å²) in [6.07, 6.45) is 14.5. The first-order chi connectivity index (χ1) is 9.73. The van der Waals surface area contributed by atoms with E-state index in [1.165, 1.54) is 77.3 Å². The highest BCUT2D eigenvalue weighted by Gasteiger charge is 2.42. The van der Waals surface area contributed by atoms with Crippen molar-refractivity contribution in [2.24, 2.45) is 5.92 Å². The maximum atomic E-state index is 3.94. The van der Waals surface area contributed by atoms with Crippen molar-refractivity contribution in [3.05, 3.63) is 0 Å². The van der Waals surface area contributed by atoms with Gasteiger partial charge in [0.2, 0.25) is 0 Å². The summed E-state index contributed by atoms with van der Waals surface area (Å²) in [7, 11) is 0. The van der Waals surface area contributed by atoms with Crippen molar-refractivity contribution in [2.75, 3.05) is 13.1 Å². The van der Waals surface area contributed by atoms with Crippen LogP contribution in [0.4, 0.5) is 0 Å². The predicted octanol–water partition coefficient (Wildman–Crippen LogP) is 3.95. The van der Waals surface area contributed by atoms with Crippen LogP contribution in [0.3, 0.4) is 0 Å². The highest BCUT2D eigenvalue weighted by atomic mass is 15.3. The minimum absolute atomic E-state index is 0.403. The molecular weight excluding hydrogens is 244 g/mol. The van der Waals surface area contributed by atoms with Crippen LogP contribution in [0.25, 0.3) is 0 Å². The molecular formula is C18H34N2. The van der Waals surface area contributed by atoms with Crippen molar-refractivity contribution in [1.82, 2.24) is 10.2 Å². The molecule has 1 aliphatic heterocycles. The standard InChI is InChI=1S/C18H34N2/c1-3-18(2)14-19-17(15-9-5-4-6-10-15)13-20(18)16-11-7-8-12-16/h15-17,19H,3-14H2,1-2H3. The van der Waals surface area contributed by atoms with Gasteiger partial charge in [-0.1, -0.05) is 39.0 Å². The summed E-state index contributed by atoms with van der Waals surface area (Å²) in [5, 5.41) is 3.94. The van der Waals surface area contributed by atoms with Crippen molar-refractivity contribution >= 4 is 0 Å². The fourth-order valence-electron chi connectivity index (χ4n) is 4.94. The summed E-state index contributed by atoms with van der Waals surface area (Å²) < 4.78 is 0. The third kappa shape index (κ3) is 2.92. The Bertz CT molecular complexity index is 305. The Morgan fingerprint density at radius 3 is 2.30 bits per heavy atom. The summed E-state index contributed by atoms with van der Waals surface area (Å²) in [6, 6.07) is 1.66. The molecule has 1 N–H and O–H groups in total. The van der Waals surface area contributed by atoms with Crippen LogP contribution in [0.2, 0.25) is 0 Å². The Hall–Kier alpha value is -0.0800. The van der Waals surface area contributed by atoms with E-state index in [0.29, 0.717) is 5.54 Å². The first kappa shape index (κ1) is 14.8. The molecule has 2 aliphatic carbocycles. The topological polar surface area (TPSA) is 15.3 Å². The molecule has 20 heavy (non-hydrogen) atoms. The fourth-order valence-corrected chi connectivity index (χ4v) is 4.94. The first-order valence-electron chi connectivity index (χ1n) is 9.23. The number of piperazine rings is 1. The van der Waals surface area contributed by atoms with Gasteiger partial charge in [-0.25, -0.2) is 0 Å². The van der Waals surface area contributed by atoms with Crippen LogP contribution in [0.1, 0.15) is 78.1 Å². The van der Waals surface area contributed by atoms with E-state index in [4.69, 9.17) is 0 Å². The quantitative estimate of drug-likeness (QED) is 0.841. The molecule has 0 aromatic heterocycles. The second kappa shape index (κ2) is 6.36. The molecule has 116 valence electrons. The van der Waals surface area contributed by atoms with Gasteiger partial charge in [-0.3, -0.25) is 4.90 Å². The Kier molecular flexibility index (Phi) is 4.72. The van der Waals surface area contributed by atoms with Crippen LogP contribution in [-0.4, -0.2) is 35.6 Å². The normalized spacial score (nSPS) is 38.4. The number of hydrogen-bond donors (Lipinski definition) is 1. The van der Waals surface area contributed by atoms with Crippen LogP contribution in [0.5, 0.6) is 0 Å². The van der Waals surface area contributed by atoms with Crippen molar-refractivity contribution in [3.8, 4) is 0 Å². The minimum Gasteiger partial charge on any atom is -0.311 e. The van der Waals surface area contributed by atoms with E-state index >= 15 is 0 Å². The molecule has 0 bridgehead atoms. The van der Waals surface area contributed by atoms with Gasteiger partial charge in [0.15, 0.2) is 0 Å². The second-order valence-corrected chi connectivity index (χ2v) is 7.83. The SMILES string of the molecule is CCC1(C)CNC(C2CCCCC2)CN1C1CCCC1. The zero-order valence-electron chi connectivity index (χ0n) is 13.7. The van der Waals surface area contributed by atoms with Crippen LogP contribution in [0.15, 0.2) is 0 Å². The number of nitrogens with one attached hydrogen (secondary N) is 1. The maximum absolute atomic E-state index is 3.94. The highest BCUT2D eigenvalue weighted by molar-refractivity contribution is 5.00. The van der Waals surface area contributed by atoms with E-state index in [1.54, 1.807) is 0 Å². The Balaban J connectivity index is 1.68. The Labute approximate surface area is 125 Å². The van der Waals surface area contributed by atoms with Crippen molar-refractivity contribution < 1.29 is 0 Å². The molecule has 0 spiro atoms. The minimum atomic E-state index is 0.403. The maximum Gasteiger partial charge on any atom is 0.0306 e. The number of rotatable bonds is 3. The molecule has 3 aliphatic rings. The van der Waals surface area contributed by atoms with Crippen LogP contribution >= 0.6 is 0 Å². The molecule has 0 aromatic carbocycles. The van der Waals surface area contributed by atoms with Gasteiger partial charge in [0, 0.05) is 30.7 Å². The lowest BCUT2D eigenvalue weighted by Gasteiger charge is -2.52. The fraction of sp³-hybridized carbons (Fsp3) is 1.00. The molecule has 2 saturated carbocycles. The molecule has 2 atom stereocenters. The second-order valence-electron chi connectivity index (χ2n) is 7.83. The molecule has 3 rings (SSSR count). The summed E-state index contributed by atoms with van der Waals surface area (Å²) in [5.74, 6) is 0.953. The number of nitrogens with zero attached hydrogens (tertiary/aromatic N) is 1. The van der Waals surface area contributed by atoms with Crippen molar-refractivity contribution in [1.29, 1.82) is 0 Å². The molecule has 0 radical (unpaired) electrons. The van der Waals surface area contributed by atoms with Gasteiger partial charge in [-0.05, 0) is 44.9 Å². The number of hydrogen-bond acceptors (Lipinski definition) is 2. The van der Waals surface area contributed by atoms with Gasteiger partial charge in [-0.2, -0.15) is 0 Å². The van der Waals surface area contributed by atoms with Gasteiger partial charge in [0.25, 0.3) is 0 Å². The van der Waals surface area contributed by atoms with Gasteiger partial charge in [0.1, 0.15) is 0 Å². The predicted molar refractivity (Wildman–Crippen MR) is 86.0 cm³/mol. The third-order valence-electron chi connectivity index (χ3n) is 6.58. The van der Waals surface area contributed by atoms with E-state index in [1.807, 2.05) is 0 Å². The van der Waals surface area contributed by atoms with Gasteiger partial charge in [-0.15, -0.1) is 0 Å². The van der Waals surface area contributed by atoms with Crippen LogP contribution in [-0.2, 0) is 0 Å².